The quantitative estimate of drug-likeness (QED) is 0.446. The first-order valence-electron chi connectivity index (χ1n) is 13.1. The van der Waals surface area contributed by atoms with Gasteiger partial charge in [0.25, 0.3) is 5.91 Å². The third kappa shape index (κ3) is 7.56. The number of hydrogen-bond donors (Lipinski definition) is 3. The smallest absolute Gasteiger partial charge is 0.265 e. The van der Waals surface area contributed by atoms with Crippen LogP contribution >= 0.6 is 11.5 Å². The van der Waals surface area contributed by atoms with Gasteiger partial charge in [0.15, 0.2) is 0 Å². The van der Waals surface area contributed by atoms with Gasteiger partial charge in [0.2, 0.25) is 11.8 Å². The highest BCUT2D eigenvalue weighted by Crippen LogP contribution is 2.25. The van der Waals surface area contributed by atoms with Gasteiger partial charge in [0, 0.05) is 39.1 Å². The van der Waals surface area contributed by atoms with E-state index in [1.54, 1.807) is 0 Å². The Balaban J connectivity index is 1.35. The van der Waals surface area contributed by atoms with E-state index in [0.717, 1.165) is 61.4 Å². The molecule has 4 N–H and O–H groups in total. The van der Waals surface area contributed by atoms with Gasteiger partial charge in [0.05, 0.1) is 12.2 Å². The molecule has 37 heavy (non-hydrogen) atoms. The first-order chi connectivity index (χ1) is 17.9. The van der Waals surface area contributed by atoms with Gasteiger partial charge >= 0.3 is 0 Å². The molecular formula is C26H37N7O3S. The standard InChI is InChI=1S/C26H37N7O3S/c1-32-11-13-33(14-12-32)26(36)21(30-24(34)22-17-29-31-37-22)15-18-7-9-19(10-8-18)16-28-25(35)23(27)20-5-3-2-4-6-20/h7-10,17,20-21,23H,2-6,11-16,27H2,1H3,(H,28,35)(H,30,34)/t21-,23+/m1/s1. The van der Waals surface area contributed by atoms with Crippen molar-refractivity contribution in [3.8, 4) is 0 Å². The Labute approximate surface area is 222 Å². The number of aromatic nitrogens is 2. The molecule has 1 aliphatic heterocycles. The predicted octanol–water partition coefficient (Wildman–Crippen LogP) is 1.18. The Morgan fingerprint density at radius 1 is 1.05 bits per heavy atom. The predicted molar refractivity (Wildman–Crippen MR) is 142 cm³/mol. The fourth-order valence-electron chi connectivity index (χ4n) is 4.99. The summed E-state index contributed by atoms with van der Waals surface area (Å²) >= 11 is 0.999. The second-order valence-electron chi connectivity index (χ2n) is 10.1. The normalized spacial score (nSPS) is 18.7. The van der Waals surface area contributed by atoms with Crippen LogP contribution in [0.5, 0.6) is 0 Å². The van der Waals surface area contributed by atoms with Gasteiger partial charge in [0.1, 0.15) is 10.9 Å². The van der Waals surface area contributed by atoms with E-state index in [4.69, 9.17) is 5.73 Å². The highest BCUT2D eigenvalue weighted by Gasteiger charge is 2.29. The Morgan fingerprint density at radius 3 is 2.38 bits per heavy atom. The molecule has 2 aliphatic rings. The van der Waals surface area contributed by atoms with Crippen LogP contribution in [0.25, 0.3) is 0 Å². The second kappa shape index (κ2) is 13.1. The zero-order valence-corrected chi connectivity index (χ0v) is 22.2. The molecule has 2 fully saturated rings. The molecule has 1 saturated heterocycles. The maximum absolute atomic E-state index is 13.4. The number of carbonyl (C=O) groups is 3. The van der Waals surface area contributed by atoms with E-state index >= 15 is 0 Å². The summed E-state index contributed by atoms with van der Waals surface area (Å²) in [7, 11) is 2.03. The fraction of sp³-hybridized carbons (Fsp3) is 0.577. The van der Waals surface area contributed by atoms with Crippen molar-refractivity contribution in [1.29, 1.82) is 0 Å². The molecule has 2 heterocycles. The Kier molecular flexibility index (Phi) is 9.59. The lowest BCUT2D eigenvalue weighted by molar-refractivity contribution is -0.134. The Morgan fingerprint density at radius 2 is 1.73 bits per heavy atom. The van der Waals surface area contributed by atoms with Crippen LogP contribution in [0, 0.1) is 5.92 Å². The molecule has 3 amide bonds. The first-order valence-corrected chi connectivity index (χ1v) is 13.8. The van der Waals surface area contributed by atoms with E-state index in [2.05, 4.69) is 25.1 Å². The van der Waals surface area contributed by atoms with Crippen LogP contribution in [0.2, 0.25) is 0 Å². The number of benzene rings is 1. The highest BCUT2D eigenvalue weighted by atomic mass is 32.1. The molecule has 2 atom stereocenters. The molecule has 11 heteroatoms. The van der Waals surface area contributed by atoms with E-state index in [0.29, 0.717) is 30.9 Å². The molecule has 4 rings (SSSR count). The van der Waals surface area contributed by atoms with Crippen molar-refractivity contribution < 1.29 is 14.4 Å². The number of amides is 3. The maximum Gasteiger partial charge on any atom is 0.265 e. The van der Waals surface area contributed by atoms with E-state index in [-0.39, 0.29) is 23.6 Å². The van der Waals surface area contributed by atoms with Crippen molar-refractivity contribution in [2.24, 2.45) is 11.7 Å². The highest BCUT2D eigenvalue weighted by molar-refractivity contribution is 7.07. The molecule has 1 saturated carbocycles. The van der Waals surface area contributed by atoms with Crippen LogP contribution in [-0.2, 0) is 22.6 Å². The third-order valence-electron chi connectivity index (χ3n) is 7.39. The summed E-state index contributed by atoms with van der Waals surface area (Å²) in [4.78, 5) is 43.0. The van der Waals surface area contributed by atoms with E-state index in [9.17, 15) is 14.4 Å². The molecule has 1 aromatic heterocycles. The topological polar surface area (TPSA) is 134 Å². The minimum atomic E-state index is -0.697. The van der Waals surface area contributed by atoms with E-state index in [1.165, 1.54) is 12.6 Å². The van der Waals surface area contributed by atoms with Gasteiger partial charge in [-0.3, -0.25) is 14.4 Å². The molecule has 1 aromatic carbocycles. The lowest BCUT2D eigenvalue weighted by atomic mass is 9.84. The van der Waals surface area contributed by atoms with Gasteiger partial charge in [-0.05, 0) is 48.5 Å². The Bertz CT molecular complexity index is 1030. The largest absolute Gasteiger partial charge is 0.351 e. The van der Waals surface area contributed by atoms with Gasteiger partial charge in [-0.15, -0.1) is 5.10 Å². The number of hydrogen-bond acceptors (Lipinski definition) is 8. The number of nitrogens with zero attached hydrogens (tertiary/aromatic N) is 4. The van der Waals surface area contributed by atoms with Crippen molar-refractivity contribution in [3.63, 3.8) is 0 Å². The van der Waals surface area contributed by atoms with Crippen LogP contribution in [0.4, 0.5) is 0 Å². The van der Waals surface area contributed by atoms with Crippen LogP contribution in [-0.4, -0.2) is 82.4 Å². The number of likely N-dealkylation sites (N-methyl/N-ethyl adjacent to an activating group) is 1. The SMILES string of the molecule is CN1CCN(C(=O)[C@@H](Cc2ccc(CNC(=O)[C@@H](N)C3CCCCC3)cc2)NC(=O)c2cnns2)CC1. The van der Waals surface area contributed by atoms with Crippen molar-refractivity contribution >= 4 is 29.3 Å². The average molecular weight is 528 g/mol. The van der Waals surface area contributed by atoms with Gasteiger partial charge < -0.3 is 26.2 Å². The molecule has 0 bridgehead atoms. The zero-order valence-electron chi connectivity index (χ0n) is 21.4. The number of rotatable bonds is 9. The molecular weight excluding hydrogens is 490 g/mol. The summed E-state index contributed by atoms with van der Waals surface area (Å²) in [6.45, 7) is 3.27. The van der Waals surface area contributed by atoms with Crippen LogP contribution < -0.4 is 16.4 Å². The third-order valence-corrected chi connectivity index (χ3v) is 8.06. The summed E-state index contributed by atoms with van der Waals surface area (Å²) < 4.78 is 3.75. The Hall–Kier alpha value is -2.89. The minimum Gasteiger partial charge on any atom is -0.351 e. The second-order valence-corrected chi connectivity index (χ2v) is 10.9. The summed E-state index contributed by atoms with van der Waals surface area (Å²) in [6, 6.07) is 6.60. The maximum atomic E-state index is 13.4. The van der Waals surface area contributed by atoms with E-state index in [1.807, 2.05) is 36.2 Å². The number of carbonyl (C=O) groups excluding carboxylic acids is 3. The molecule has 200 valence electrons. The lowest BCUT2D eigenvalue weighted by Gasteiger charge is -2.34. The summed E-state index contributed by atoms with van der Waals surface area (Å²) in [5.41, 5.74) is 8.09. The van der Waals surface area contributed by atoms with Crippen LogP contribution in [0.15, 0.2) is 30.5 Å². The van der Waals surface area contributed by atoms with Gasteiger partial charge in [-0.1, -0.05) is 48.0 Å². The van der Waals surface area contributed by atoms with Crippen molar-refractivity contribution in [3.05, 3.63) is 46.5 Å². The molecule has 0 spiro atoms. The monoisotopic (exact) mass is 527 g/mol. The lowest BCUT2D eigenvalue weighted by Crippen LogP contribution is -2.54. The van der Waals surface area contributed by atoms with Crippen LogP contribution in [0.3, 0.4) is 0 Å². The number of nitrogens with one attached hydrogen (secondary N) is 2. The number of piperazine rings is 1. The molecule has 1 aliphatic carbocycles. The van der Waals surface area contributed by atoms with Crippen LogP contribution in [0.1, 0.15) is 52.9 Å². The molecule has 0 unspecified atom stereocenters. The molecule has 0 radical (unpaired) electrons. The fourth-order valence-corrected chi connectivity index (χ4v) is 5.41. The zero-order chi connectivity index (χ0) is 26.2. The number of nitrogens with two attached hydrogens (primary N) is 1. The van der Waals surface area contributed by atoms with Gasteiger partial charge in [-0.25, -0.2) is 0 Å². The van der Waals surface area contributed by atoms with Crippen molar-refractivity contribution in [1.82, 2.24) is 30.0 Å². The average Bonchev–Trinajstić information content (AvgIpc) is 3.48. The summed E-state index contributed by atoms with van der Waals surface area (Å²) in [5.74, 6) is -0.279. The first kappa shape index (κ1) is 27.2. The van der Waals surface area contributed by atoms with E-state index < -0.39 is 12.1 Å². The van der Waals surface area contributed by atoms with Crippen molar-refractivity contribution in [2.45, 2.75) is 57.2 Å². The minimum absolute atomic E-state index is 0.0908. The summed E-state index contributed by atoms with van der Waals surface area (Å²) in [5, 5.41) is 9.58. The van der Waals surface area contributed by atoms with Crippen molar-refractivity contribution in [2.75, 3.05) is 33.2 Å². The molecule has 10 nitrogen and oxygen atoms in total. The molecule has 2 aromatic rings. The van der Waals surface area contributed by atoms with Gasteiger partial charge in [-0.2, -0.15) is 0 Å². The summed E-state index contributed by atoms with van der Waals surface area (Å²) in [6.07, 6.45) is 7.33.